The van der Waals surface area contributed by atoms with Gasteiger partial charge in [-0.1, -0.05) is 29.3 Å². The first kappa shape index (κ1) is 17.3. The van der Waals surface area contributed by atoms with Gasteiger partial charge in [-0.2, -0.15) is 0 Å². The van der Waals surface area contributed by atoms with E-state index in [-0.39, 0.29) is 0 Å². The number of likely N-dealkylation sites (tertiary alicyclic amines) is 1. The minimum absolute atomic E-state index is 0.302. The number of aromatic nitrogens is 1. The van der Waals surface area contributed by atoms with Crippen LogP contribution >= 0.6 is 23.2 Å². The molecule has 1 aliphatic rings. The Morgan fingerprint density at radius 2 is 1.88 bits per heavy atom. The maximum atomic E-state index is 6.02. The zero-order chi connectivity index (χ0) is 17.1. The fraction of sp³-hybridized carbons (Fsp3) is 0.389. The predicted octanol–water partition coefficient (Wildman–Crippen LogP) is 4.74. The van der Waals surface area contributed by atoms with Crippen LogP contribution in [-0.2, 0) is 6.54 Å². The van der Waals surface area contributed by atoms with Gasteiger partial charge in [0.2, 0.25) is 0 Å². The van der Waals surface area contributed by atoms with Crippen LogP contribution in [0.1, 0.15) is 30.0 Å². The summed E-state index contributed by atoms with van der Waals surface area (Å²) in [7, 11) is 3.35. The molecule has 6 heteroatoms. The number of halogens is 2. The Balaban J connectivity index is 1.85. The fourth-order valence-corrected chi connectivity index (χ4v) is 3.81. The number of pyridine rings is 1. The number of hydrogen-bond donors (Lipinski definition) is 0. The first-order valence-corrected chi connectivity index (χ1v) is 8.64. The molecule has 1 aromatic carbocycles. The fourth-order valence-electron chi connectivity index (χ4n) is 3.30. The molecular formula is C18H20Cl2N2O2. The molecule has 128 valence electrons. The summed E-state index contributed by atoms with van der Waals surface area (Å²) in [4.78, 5) is 6.43. The van der Waals surface area contributed by atoms with Crippen molar-refractivity contribution in [1.29, 1.82) is 0 Å². The summed E-state index contributed by atoms with van der Waals surface area (Å²) in [6.07, 6.45) is 2.24. The van der Waals surface area contributed by atoms with E-state index in [4.69, 9.17) is 32.7 Å². The van der Waals surface area contributed by atoms with Crippen molar-refractivity contribution in [3.8, 4) is 11.5 Å². The molecule has 0 N–H and O–H groups in total. The number of nitrogens with zero attached hydrogens (tertiary/aromatic N) is 2. The lowest BCUT2D eigenvalue weighted by atomic mass is 10.0. The van der Waals surface area contributed by atoms with Gasteiger partial charge in [-0.05, 0) is 43.1 Å². The van der Waals surface area contributed by atoms with Crippen LogP contribution < -0.4 is 9.47 Å². The summed E-state index contributed by atoms with van der Waals surface area (Å²) in [5, 5.41) is 0.852. The highest BCUT2D eigenvalue weighted by atomic mass is 35.5. The summed E-state index contributed by atoms with van der Waals surface area (Å²) in [5.41, 5.74) is 2.25. The van der Waals surface area contributed by atoms with Crippen LogP contribution in [0.15, 0.2) is 30.3 Å². The molecule has 1 aliphatic heterocycles. The first-order chi connectivity index (χ1) is 11.6. The average Bonchev–Trinajstić information content (AvgIpc) is 3.01. The Bertz CT molecular complexity index is 704. The van der Waals surface area contributed by atoms with E-state index in [1.807, 2.05) is 24.3 Å². The Morgan fingerprint density at radius 1 is 1.12 bits per heavy atom. The molecular weight excluding hydrogens is 347 g/mol. The summed E-state index contributed by atoms with van der Waals surface area (Å²) in [6, 6.07) is 10.0. The molecule has 2 heterocycles. The molecule has 0 amide bonds. The van der Waals surface area contributed by atoms with Gasteiger partial charge in [-0.3, -0.25) is 4.90 Å². The van der Waals surface area contributed by atoms with Crippen molar-refractivity contribution in [2.75, 3.05) is 20.8 Å². The third-order valence-electron chi connectivity index (χ3n) is 4.37. The Labute approximate surface area is 152 Å². The molecule has 1 fully saturated rings. The first-order valence-electron chi connectivity index (χ1n) is 7.88. The highest BCUT2D eigenvalue weighted by molar-refractivity contribution is 6.32. The van der Waals surface area contributed by atoms with Crippen molar-refractivity contribution in [3.05, 3.63) is 51.8 Å². The van der Waals surface area contributed by atoms with Crippen LogP contribution in [0.2, 0.25) is 10.3 Å². The second-order valence-electron chi connectivity index (χ2n) is 5.86. The van der Waals surface area contributed by atoms with E-state index < -0.39 is 0 Å². The molecule has 0 aliphatic carbocycles. The largest absolute Gasteiger partial charge is 0.497 e. The van der Waals surface area contributed by atoms with Gasteiger partial charge in [0.15, 0.2) is 0 Å². The van der Waals surface area contributed by atoms with E-state index in [9.17, 15) is 0 Å². The molecule has 2 aromatic rings. The second kappa shape index (κ2) is 7.60. The van der Waals surface area contributed by atoms with Crippen molar-refractivity contribution in [2.24, 2.45) is 0 Å². The van der Waals surface area contributed by atoms with E-state index in [1.165, 1.54) is 5.56 Å². The van der Waals surface area contributed by atoms with E-state index in [2.05, 4.69) is 16.0 Å². The summed E-state index contributed by atoms with van der Waals surface area (Å²) >= 11 is 12.0. The van der Waals surface area contributed by atoms with Crippen molar-refractivity contribution >= 4 is 23.2 Å². The van der Waals surface area contributed by atoms with Gasteiger partial charge < -0.3 is 9.47 Å². The quantitative estimate of drug-likeness (QED) is 0.715. The average molecular weight is 367 g/mol. The number of benzene rings is 1. The third-order valence-corrected chi connectivity index (χ3v) is 4.76. The summed E-state index contributed by atoms with van der Waals surface area (Å²) < 4.78 is 10.9. The van der Waals surface area contributed by atoms with Crippen LogP contribution in [-0.4, -0.2) is 30.6 Å². The highest BCUT2D eigenvalue weighted by Crippen LogP contribution is 2.39. The SMILES string of the molecule is COc1ccc(C2CCCN2Cc2cc(Cl)nc(Cl)c2)c(OC)c1. The number of rotatable bonds is 5. The van der Waals surface area contributed by atoms with Crippen molar-refractivity contribution in [3.63, 3.8) is 0 Å². The zero-order valence-electron chi connectivity index (χ0n) is 13.8. The molecule has 1 atom stereocenters. The van der Waals surface area contributed by atoms with Gasteiger partial charge in [0, 0.05) is 24.2 Å². The Morgan fingerprint density at radius 3 is 2.54 bits per heavy atom. The van der Waals surface area contributed by atoms with Crippen LogP contribution in [0.5, 0.6) is 11.5 Å². The van der Waals surface area contributed by atoms with Gasteiger partial charge >= 0.3 is 0 Å². The molecule has 1 unspecified atom stereocenters. The lowest BCUT2D eigenvalue weighted by Crippen LogP contribution is -2.23. The molecule has 1 aromatic heterocycles. The lowest BCUT2D eigenvalue weighted by Gasteiger charge is -2.26. The molecule has 24 heavy (non-hydrogen) atoms. The third kappa shape index (κ3) is 3.77. The molecule has 0 bridgehead atoms. The second-order valence-corrected chi connectivity index (χ2v) is 6.63. The normalized spacial score (nSPS) is 17.9. The van der Waals surface area contributed by atoms with Crippen LogP contribution in [0.25, 0.3) is 0 Å². The molecule has 0 spiro atoms. The van der Waals surface area contributed by atoms with Crippen LogP contribution in [0.3, 0.4) is 0 Å². The molecule has 3 rings (SSSR count). The highest BCUT2D eigenvalue weighted by Gasteiger charge is 2.28. The van der Waals surface area contributed by atoms with Gasteiger partial charge in [0.1, 0.15) is 21.8 Å². The molecule has 1 saturated heterocycles. The Kier molecular flexibility index (Phi) is 5.49. The van der Waals surface area contributed by atoms with E-state index in [0.29, 0.717) is 16.3 Å². The summed E-state index contributed by atoms with van der Waals surface area (Å²) in [6.45, 7) is 1.80. The van der Waals surface area contributed by atoms with E-state index >= 15 is 0 Å². The number of ether oxygens (including phenoxy) is 2. The topological polar surface area (TPSA) is 34.6 Å². The van der Waals surface area contributed by atoms with Crippen molar-refractivity contribution < 1.29 is 9.47 Å². The van der Waals surface area contributed by atoms with Crippen molar-refractivity contribution in [2.45, 2.75) is 25.4 Å². The molecule has 4 nitrogen and oxygen atoms in total. The van der Waals surface area contributed by atoms with Gasteiger partial charge in [-0.25, -0.2) is 4.98 Å². The minimum atomic E-state index is 0.302. The Hall–Kier alpha value is -1.49. The number of hydrogen-bond acceptors (Lipinski definition) is 4. The zero-order valence-corrected chi connectivity index (χ0v) is 15.3. The number of methoxy groups -OCH3 is 2. The van der Waals surface area contributed by atoms with E-state index in [1.54, 1.807) is 14.2 Å². The van der Waals surface area contributed by atoms with Gasteiger partial charge in [0.25, 0.3) is 0 Å². The maximum absolute atomic E-state index is 6.02. The van der Waals surface area contributed by atoms with E-state index in [0.717, 1.165) is 43.0 Å². The monoisotopic (exact) mass is 366 g/mol. The van der Waals surface area contributed by atoms with Crippen LogP contribution in [0.4, 0.5) is 0 Å². The predicted molar refractivity (Wildman–Crippen MR) is 96.2 cm³/mol. The smallest absolute Gasteiger partial charge is 0.131 e. The van der Waals surface area contributed by atoms with Gasteiger partial charge in [0.05, 0.1) is 14.2 Å². The molecule has 0 saturated carbocycles. The molecule has 0 radical (unpaired) electrons. The minimum Gasteiger partial charge on any atom is -0.497 e. The standard InChI is InChI=1S/C18H20Cl2N2O2/c1-23-13-5-6-14(16(10-13)24-2)15-4-3-7-22(15)11-12-8-17(19)21-18(20)9-12/h5-6,8-10,15H,3-4,7,11H2,1-2H3. The maximum Gasteiger partial charge on any atom is 0.131 e. The summed E-state index contributed by atoms with van der Waals surface area (Å²) in [5.74, 6) is 1.66. The lowest BCUT2D eigenvalue weighted by molar-refractivity contribution is 0.242. The van der Waals surface area contributed by atoms with Crippen LogP contribution in [0, 0.1) is 0 Å². The van der Waals surface area contributed by atoms with Gasteiger partial charge in [-0.15, -0.1) is 0 Å². The van der Waals surface area contributed by atoms with Crippen molar-refractivity contribution in [1.82, 2.24) is 9.88 Å².